The standard InChI is InChI=1S/C30H34Cl2N2O2/c1-5-27(29(36)33-30(2,3)4)34(20-23-16-17-24(31)18-26(23)32)28(35)19-25(21-12-8-6-9-13-21)22-14-10-7-11-15-22/h6-18,25,27H,5,19-20H2,1-4H3,(H,33,36)/t27-/m1/s1. The number of hydrogen-bond donors (Lipinski definition) is 1. The Hall–Kier alpha value is -2.82. The molecule has 0 bridgehead atoms. The van der Waals surface area contributed by atoms with E-state index < -0.39 is 11.6 Å². The third kappa shape index (κ3) is 7.59. The van der Waals surface area contributed by atoms with Crippen LogP contribution in [0.25, 0.3) is 0 Å². The molecule has 2 amide bonds. The lowest BCUT2D eigenvalue weighted by molar-refractivity contribution is -0.142. The molecule has 0 saturated heterocycles. The van der Waals surface area contributed by atoms with Crippen molar-refractivity contribution in [2.24, 2.45) is 0 Å². The summed E-state index contributed by atoms with van der Waals surface area (Å²) in [5.41, 5.74) is 2.42. The maximum absolute atomic E-state index is 14.0. The number of carbonyl (C=O) groups is 2. The van der Waals surface area contributed by atoms with Crippen molar-refractivity contribution >= 4 is 35.0 Å². The van der Waals surface area contributed by atoms with Gasteiger partial charge in [0, 0.05) is 34.5 Å². The van der Waals surface area contributed by atoms with E-state index >= 15 is 0 Å². The molecule has 0 heterocycles. The molecule has 4 nitrogen and oxygen atoms in total. The molecule has 36 heavy (non-hydrogen) atoms. The minimum absolute atomic E-state index is 0.116. The summed E-state index contributed by atoms with van der Waals surface area (Å²) in [7, 11) is 0. The van der Waals surface area contributed by atoms with Crippen molar-refractivity contribution in [1.29, 1.82) is 0 Å². The molecule has 1 atom stereocenters. The summed E-state index contributed by atoms with van der Waals surface area (Å²) in [6.07, 6.45) is 0.693. The van der Waals surface area contributed by atoms with E-state index in [1.807, 2.05) is 94.4 Å². The van der Waals surface area contributed by atoms with Crippen molar-refractivity contribution in [3.8, 4) is 0 Å². The summed E-state index contributed by atoms with van der Waals surface area (Å²) in [6, 6.07) is 24.6. The van der Waals surface area contributed by atoms with Crippen LogP contribution >= 0.6 is 23.2 Å². The van der Waals surface area contributed by atoms with Gasteiger partial charge in [-0.15, -0.1) is 0 Å². The number of nitrogens with one attached hydrogen (secondary N) is 1. The fourth-order valence-corrected chi connectivity index (χ4v) is 4.76. The Bertz CT molecular complexity index is 1120. The second-order valence-corrected chi connectivity index (χ2v) is 10.8. The lowest BCUT2D eigenvalue weighted by Crippen LogP contribution is -2.53. The summed E-state index contributed by atoms with van der Waals surface area (Å²) in [4.78, 5) is 29.0. The van der Waals surface area contributed by atoms with Crippen LogP contribution in [0.2, 0.25) is 10.0 Å². The van der Waals surface area contributed by atoms with E-state index in [0.717, 1.165) is 16.7 Å². The first kappa shape index (κ1) is 27.8. The highest BCUT2D eigenvalue weighted by Gasteiger charge is 2.32. The highest BCUT2D eigenvalue weighted by atomic mass is 35.5. The molecule has 190 valence electrons. The number of nitrogens with zero attached hydrogens (tertiary/aromatic N) is 1. The van der Waals surface area contributed by atoms with Crippen molar-refractivity contribution in [1.82, 2.24) is 10.2 Å². The number of hydrogen-bond acceptors (Lipinski definition) is 2. The number of benzene rings is 3. The fourth-order valence-electron chi connectivity index (χ4n) is 4.30. The van der Waals surface area contributed by atoms with Gasteiger partial charge in [-0.25, -0.2) is 0 Å². The summed E-state index contributed by atoms with van der Waals surface area (Å²) >= 11 is 12.6. The van der Waals surface area contributed by atoms with Crippen LogP contribution in [0.15, 0.2) is 78.9 Å². The quantitative estimate of drug-likeness (QED) is 0.320. The molecule has 0 unspecified atom stereocenters. The van der Waals surface area contributed by atoms with Crippen LogP contribution < -0.4 is 5.32 Å². The topological polar surface area (TPSA) is 49.4 Å². The minimum atomic E-state index is -0.643. The zero-order valence-electron chi connectivity index (χ0n) is 21.3. The van der Waals surface area contributed by atoms with Crippen molar-refractivity contribution in [3.63, 3.8) is 0 Å². The average molecular weight is 526 g/mol. The van der Waals surface area contributed by atoms with E-state index in [1.165, 1.54) is 0 Å². The van der Waals surface area contributed by atoms with Gasteiger partial charge in [0.15, 0.2) is 0 Å². The molecule has 1 N–H and O–H groups in total. The van der Waals surface area contributed by atoms with Gasteiger partial charge in [-0.05, 0) is 56.0 Å². The summed E-state index contributed by atoms with van der Waals surface area (Å²) in [5, 5.41) is 4.03. The van der Waals surface area contributed by atoms with Gasteiger partial charge in [-0.1, -0.05) is 96.9 Å². The smallest absolute Gasteiger partial charge is 0.243 e. The van der Waals surface area contributed by atoms with Crippen LogP contribution in [-0.4, -0.2) is 28.3 Å². The van der Waals surface area contributed by atoms with Crippen molar-refractivity contribution in [2.75, 3.05) is 0 Å². The Labute approximate surface area is 224 Å². The zero-order chi connectivity index (χ0) is 26.3. The Balaban J connectivity index is 1.99. The van der Waals surface area contributed by atoms with E-state index in [2.05, 4.69) is 5.32 Å². The van der Waals surface area contributed by atoms with Gasteiger partial charge in [0.25, 0.3) is 0 Å². The van der Waals surface area contributed by atoms with E-state index in [9.17, 15) is 9.59 Å². The van der Waals surface area contributed by atoms with Crippen LogP contribution in [0.1, 0.15) is 63.1 Å². The van der Waals surface area contributed by atoms with Gasteiger partial charge in [-0.2, -0.15) is 0 Å². The Morgan fingerprint density at radius 1 is 0.889 bits per heavy atom. The highest BCUT2D eigenvalue weighted by molar-refractivity contribution is 6.35. The third-order valence-electron chi connectivity index (χ3n) is 6.02. The molecular weight excluding hydrogens is 491 g/mol. The molecule has 0 aromatic heterocycles. The third-order valence-corrected chi connectivity index (χ3v) is 6.61. The lowest BCUT2D eigenvalue weighted by atomic mass is 9.88. The van der Waals surface area contributed by atoms with Gasteiger partial charge >= 0.3 is 0 Å². The van der Waals surface area contributed by atoms with E-state index in [1.54, 1.807) is 17.0 Å². The largest absolute Gasteiger partial charge is 0.350 e. The summed E-state index contributed by atoms with van der Waals surface area (Å²) in [5.74, 6) is -0.444. The molecule has 3 aromatic rings. The number of halogens is 2. The number of rotatable bonds is 9. The second-order valence-electron chi connectivity index (χ2n) is 10.00. The van der Waals surface area contributed by atoms with Crippen LogP contribution in [-0.2, 0) is 16.1 Å². The zero-order valence-corrected chi connectivity index (χ0v) is 22.8. The summed E-state index contributed by atoms with van der Waals surface area (Å²) in [6.45, 7) is 7.92. The number of carbonyl (C=O) groups excluding carboxylic acids is 2. The van der Waals surface area contributed by atoms with Gasteiger partial charge in [0.1, 0.15) is 6.04 Å². The maximum atomic E-state index is 14.0. The first-order valence-electron chi connectivity index (χ1n) is 12.2. The maximum Gasteiger partial charge on any atom is 0.243 e. The van der Waals surface area contributed by atoms with Crippen LogP contribution in [0.5, 0.6) is 0 Å². The normalized spacial score (nSPS) is 12.3. The molecule has 0 saturated carbocycles. The fraction of sp³-hybridized carbons (Fsp3) is 0.333. The Kier molecular flexibility index (Phi) is 9.58. The molecule has 0 aliphatic carbocycles. The SMILES string of the molecule is CC[C@H](C(=O)NC(C)(C)C)N(Cc1ccc(Cl)cc1Cl)C(=O)CC(c1ccccc1)c1ccccc1. The van der Waals surface area contributed by atoms with Crippen molar-refractivity contribution in [2.45, 2.75) is 64.6 Å². The monoisotopic (exact) mass is 524 g/mol. The summed E-state index contributed by atoms with van der Waals surface area (Å²) < 4.78 is 0. The minimum Gasteiger partial charge on any atom is -0.350 e. The lowest BCUT2D eigenvalue weighted by Gasteiger charge is -2.34. The molecular formula is C30H34Cl2N2O2. The van der Waals surface area contributed by atoms with Gasteiger partial charge in [0.05, 0.1) is 0 Å². The van der Waals surface area contributed by atoms with Crippen LogP contribution in [0.3, 0.4) is 0 Å². The van der Waals surface area contributed by atoms with E-state index in [-0.39, 0.29) is 30.7 Å². The molecule has 6 heteroatoms. The molecule has 0 radical (unpaired) electrons. The molecule has 0 aliphatic rings. The van der Waals surface area contributed by atoms with E-state index in [0.29, 0.717) is 16.5 Å². The Morgan fingerprint density at radius 3 is 1.92 bits per heavy atom. The molecule has 0 spiro atoms. The predicted molar refractivity (Wildman–Crippen MR) is 148 cm³/mol. The van der Waals surface area contributed by atoms with Crippen LogP contribution in [0, 0.1) is 0 Å². The second kappa shape index (κ2) is 12.4. The average Bonchev–Trinajstić information content (AvgIpc) is 2.83. The molecule has 3 rings (SSSR count). The first-order valence-corrected chi connectivity index (χ1v) is 13.0. The van der Waals surface area contributed by atoms with Crippen molar-refractivity contribution in [3.05, 3.63) is 106 Å². The highest BCUT2D eigenvalue weighted by Crippen LogP contribution is 2.30. The predicted octanol–water partition coefficient (Wildman–Crippen LogP) is 7.24. The van der Waals surface area contributed by atoms with Gasteiger partial charge in [-0.3, -0.25) is 9.59 Å². The molecule has 3 aromatic carbocycles. The van der Waals surface area contributed by atoms with Gasteiger partial charge < -0.3 is 10.2 Å². The van der Waals surface area contributed by atoms with Gasteiger partial charge in [0.2, 0.25) is 11.8 Å². The van der Waals surface area contributed by atoms with E-state index in [4.69, 9.17) is 23.2 Å². The Morgan fingerprint density at radius 2 is 1.44 bits per heavy atom. The molecule has 0 fully saturated rings. The first-order chi connectivity index (χ1) is 17.1. The van der Waals surface area contributed by atoms with Crippen molar-refractivity contribution < 1.29 is 9.59 Å². The molecule has 0 aliphatic heterocycles. The van der Waals surface area contributed by atoms with Crippen LogP contribution in [0.4, 0.5) is 0 Å². The number of amides is 2.